The average molecular weight is 285 g/mol. The fourth-order valence-corrected chi connectivity index (χ4v) is 1.77. The minimum absolute atomic E-state index is 0.0384. The number of benzene rings is 1. The molecule has 0 unspecified atom stereocenters. The Morgan fingerprint density at radius 2 is 2.11 bits per heavy atom. The lowest BCUT2D eigenvalue weighted by Gasteiger charge is -2.19. The van der Waals surface area contributed by atoms with Crippen molar-refractivity contribution in [3.8, 4) is 0 Å². The third-order valence-electron chi connectivity index (χ3n) is 2.66. The van der Waals surface area contributed by atoms with E-state index in [-0.39, 0.29) is 11.9 Å². The number of hydrogen-bond donors (Lipinski definition) is 3. The molecule has 0 aliphatic heterocycles. The third kappa shape index (κ3) is 3.75. The van der Waals surface area contributed by atoms with Gasteiger partial charge < -0.3 is 21.2 Å². The van der Waals surface area contributed by atoms with E-state index in [0.29, 0.717) is 29.4 Å². The lowest BCUT2D eigenvalue weighted by atomic mass is 10.2. The molecule has 0 atom stereocenters. The highest BCUT2D eigenvalue weighted by molar-refractivity contribution is 6.34. The normalized spacial score (nSPS) is 11.2. The minimum atomic E-state index is -0.219. The zero-order valence-electron chi connectivity index (χ0n) is 10.9. The van der Waals surface area contributed by atoms with E-state index in [0.717, 1.165) is 0 Å². The van der Waals surface area contributed by atoms with Gasteiger partial charge in [0.15, 0.2) is 5.84 Å². The average Bonchev–Trinajstić information content (AvgIpc) is 2.41. The van der Waals surface area contributed by atoms with Gasteiger partial charge in [0, 0.05) is 18.7 Å². The Bertz CT molecular complexity index is 487. The second-order valence-corrected chi connectivity index (χ2v) is 4.19. The molecule has 0 bridgehead atoms. The number of hydrogen-bond acceptors (Lipinski definition) is 3. The molecule has 104 valence electrons. The molecule has 0 aromatic heterocycles. The highest BCUT2D eigenvalue weighted by atomic mass is 35.5. The monoisotopic (exact) mass is 284 g/mol. The summed E-state index contributed by atoms with van der Waals surface area (Å²) in [5, 5.41) is 14.5. The van der Waals surface area contributed by atoms with Crippen LogP contribution in [-0.4, -0.2) is 35.1 Å². The highest BCUT2D eigenvalue weighted by Crippen LogP contribution is 2.23. The zero-order chi connectivity index (χ0) is 14.4. The predicted molar refractivity (Wildman–Crippen MR) is 75.9 cm³/mol. The number of nitrogens with one attached hydrogen (secondary N) is 1. The molecule has 0 saturated carbocycles. The Morgan fingerprint density at radius 3 is 2.58 bits per heavy atom. The molecule has 0 aliphatic carbocycles. The summed E-state index contributed by atoms with van der Waals surface area (Å²) in [4.78, 5) is 13.5. The number of carbonyl (C=O) groups is 1. The maximum absolute atomic E-state index is 11.9. The van der Waals surface area contributed by atoms with Crippen LogP contribution in [0.1, 0.15) is 19.4 Å². The molecular weight excluding hydrogens is 268 g/mol. The van der Waals surface area contributed by atoms with Gasteiger partial charge in [0.1, 0.15) is 0 Å². The number of urea groups is 1. The van der Waals surface area contributed by atoms with Crippen molar-refractivity contribution in [3.63, 3.8) is 0 Å². The van der Waals surface area contributed by atoms with E-state index < -0.39 is 0 Å². The van der Waals surface area contributed by atoms with E-state index in [1.54, 1.807) is 17.0 Å². The van der Waals surface area contributed by atoms with Crippen molar-refractivity contribution in [1.29, 1.82) is 0 Å². The minimum Gasteiger partial charge on any atom is -0.409 e. The molecule has 7 heteroatoms. The lowest BCUT2D eigenvalue weighted by molar-refractivity contribution is 0.217. The predicted octanol–water partition coefficient (Wildman–Crippen LogP) is 2.31. The standard InChI is InChI=1S/C12H17ClN4O2/c1-3-17(4-2)12(18)15-10-6-5-8(7-9(10)13)11(14)16-19/h5-7,19H,3-4H2,1-2H3,(H2,14,16)(H,15,18). The zero-order valence-corrected chi connectivity index (χ0v) is 11.6. The Morgan fingerprint density at radius 1 is 1.47 bits per heavy atom. The smallest absolute Gasteiger partial charge is 0.321 e. The first-order chi connectivity index (χ1) is 9.03. The number of nitrogens with two attached hydrogens (primary N) is 1. The van der Waals surface area contributed by atoms with Crippen LogP contribution >= 0.6 is 11.6 Å². The first kappa shape index (κ1) is 15.1. The van der Waals surface area contributed by atoms with Crippen LogP contribution in [-0.2, 0) is 0 Å². The Balaban J connectivity index is 2.89. The maximum Gasteiger partial charge on any atom is 0.321 e. The van der Waals surface area contributed by atoms with Crippen LogP contribution in [0.5, 0.6) is 0 Å². The summed E-state index contributed by atoms with van der Waals surface area (Å²) in [7, 11) is 0. The van der Waals surface area contributed by atoms with Gasteiger partial charge >= 0.3 is 6.03 Å². The van der Waals surface area contributed by atoms with Gasteiger partial charge in [0.25, 0.3) is 0 Å². The Kier molecular flexibility index (Phi) is 5.44. The summed E-state index contributed by atoms with van der Waals surface area (Å²) in [6.45, 7) is 5.02. The fraction of sp³-hybridized carbons (Fsp3) is 0.333. The second kappa shape index (κ2) is 6.84. The van der Waals surface area contributed by atoms with Crippen molar-refractivity contribution in [3.05, 3.63) is 28.8 Å². The molecule has 0 radical (unpaired) electrons. The van der Waals surface area contributed by atoms with Crippen molar-refractivity contribution in [1.82, 2.24) is 4.90 Å². The van der Waals surface area contributed by atoms with Crippen LogP contribution in [0.15, 0.2) is 23.4 Å². The number of nitrogens with zero attached hydrogens (tertiary/aromatic N) is 2. The number of rotatable bonds is 4. The summed E-state index contributed by atoms with van der Waals surface area (Å²) in [6.07, 6.45) is 0. The summed E-state index contributed by atoms with van der Waals surface area (Å²) in [5.74, 6) is -0.0384. The van der Waals surface area contributed by atoms with Crippen LogP contribution < -0.4 is 11.1 Å². The van der Waals surface area contributed by atoms with Gasteiger partial charge in [0.05, 0.1) is 10.7 Å². The molecule has 1 rings (SSSR count). The van der Waals surface area contributed by atoms with Crippen molar-refractivity contribution in [2.75, 3.05) is 18.4 Å². The Hall–Kier alpha value is -1.95. The van der Waals surface area contributed by atoms with Crippen LogP contribution in [0.2, 0.25) is 5.02 Å². The van der Waals surface area contributed by atoms with Gasteiger partial charge in [-0.3, -0.25) is 0 Å². The van der Waals surface area contributed by atoms with Crippen LogP contribution in [0.3, 0.4) is 0 Å². The van der Waals surface area contributed by atoms with E-state index in [9.17, 15) is 4.79 Å². The van der Waals surface area contributed by atoms with Gasteiger partial charge in [-0.2, -0.15) is 0 Å². The quantitative estimate of drug-likeness (QED) is 0.343. The highest BCUT2D eigenvalue weighted by Gasteiger charge is 2.12. The van der Waals surface area contributed by atoms with E-state index in [1.807, 2.05) is 13.8 Å². The summed E-state index contributed by atoms with van der Waals surface area (Å²) in [5.41, 5.74) is 6.41. The SMILES string of the molecule is CCN(CC)C(=O)Nc1ccc(/C(N)=N/O)cc1Cl. The summed E-state index contributed by atoms with van der Waals surface area (Å²) >= 11 is 6.04. The molecule has 0 spiro atoms. The van der Waals surface area contributed by atoms with Crippen LogP contribution in [0.4, 0.5) is 10.5 Å². The summed E-state index contributed by atoms with van der Waals surface area (Å²) in [6, 6.07) is 4.52. The molecule has 1 aromatic rings. The molecule has 6 nitrogen and oxygen atoms in total. The van der Waals surface area contributed by atoms with Gasteiger partial charge in [-0.05, 0) is 32.0 Å². The van der Waals surface area contributed by atoms with E-state index in [1.165, 1.54) is 6.07 Å². The van der Waals surface area contributed by atoms with Gasteiger partial charge in [-0.25, -0.2) is 4.79 Å². The first-order valence-corrected chi connectivity index (χ1v) is 6.24. The molecule has 0 fully saturated rings. The van der Waals surface area contributed by atoms with Crippen molar-refractivity contribution < 1.29 is 10.0 Å². The molecule has 2 amide bonds. The maximum atomic E-state index is 11.9. The number of amidine groups is 1. The largest absolute Gasteiger partial charge is 0.409 e. The number of halogens is 1. The number of anilines is 1. The van der Waals surface area contributed by atoms with E-state index in [2.05, 4.69) is 10.5 Å². The molecular formula is C12H17ClN4O2. The van der Waals surface area contributed by atoms with Crippen LogP contribution in [0, 0.1) is 0 Å². The molecule has 0 heterocycles. The number of amides is 2. The van der Waals surface area contributed by atoms with Crippen molar-refractivity contribution >= 4 is 29.2 Å². The molecule has 0 aliphatic rings. The fourth-order valence-electron chi connectivity index (χ4n) is 1.54. The molecule has 0 saturated heterocycles. The van der Waals surface area contributed by atoms with E-state index >= 15 is 0 Å². The summed E-state index contributed by atoms with van der Waals surface area (Å²) < 4.78 is 0. The third-order valence-corrected chi connectivity index (χ3v) is 2.98. The lowest BCUT2D eigenvalue weighted by Crippen LogP contribution is -2.34. The van der Waals surface area contributed by atoms with Crippen LogP contribution in [0.25, 0.3) is 0 Å². The number of carbonyl (C=O) groups excluding carboxylic acids is 1. The van der Waals surface area contributed by atoms with E-state index in [4.69, 9.17) is 22.5 Å². The Labute approximate surface area is 116 Å². The van der Waals surface area contributed by atoms with Crippen molar-refractivity contribution in [2.24, 2.45) is 10.9 Å². The topological polar surface area (TPSA) is 91.0 Å². The molecule has 4 N–H and O–H groups in total. The number of oxime groups is 1. The van der Waals surface area contributed by atoms with Crippen molar-refractivity contribution in [2.45, 2.75) is 13.8 Å². The van der Waals surface area contributed by atoms with Gasteiger partial charge in [-0.15, -0.1) is 0 Å². The molecule has 19 heavy (non-hydrogen) atoms. The van der Waals surface area contributed by atoms with Gasteiger partial charge in [-0.1, -0.05) is 16.8 Å². The second-order valence-electron chi connectivity index (χ2n) is 3.78. The first-order valence-electron chi connectivity index (χ1n) is 5.86. The van der Waals surface area contributed by atoms with Gasteiger partial charge in [0.2, 0.25) is 0 Å². The molecule has 1 aromatic carbocycles.